The first-order valence-corrected chi connectivity index (χ1v) is 11.3. The SMILES string of the molecule is C=P(C)(C)CC[C@H]1OC(n2cc(CNC)c(=O)[nH]c2=S)[C@H](O)[C@@H]1O. The number of ether oxygens (including phenoxy) is 1. The van der Waals surface area contributed by atoms with Crippen LogP contribution in [-0.4, -0.2) is 70.9 Å². The van der Waals surface area contributed by atoms with Gasteiger partial charge in [-0.15, -0.1) is 13.2 Å². The van der Waals surface area contributed by atoms with E-state index in [9.17, 15) is 15.0 Å². The maximum absolute atomic E-state index is 11.9. The predicted octanol–water partition coefficient (Wildman–Crippen LogP) is 0.344. The molecule has 0 aliphatic carbocycles. The normalized spacial score (nSPS) is 27.5. The first kappa shape index (κ1) is 19.6. The van der Waals surface area contributed by atoms with Crippen LogP contribution in [0.5, 0.6) is 0 Å². The highest BCUT2D eigenvalue weighted by Crippen LogP contribution is 2.39. The molecule has 136 valence electrons. The summed E-state index contributed by atoms with van der Waals surface area (Å²) >= 11 is 5.18. The molecule has 7 nitrogen and oxygen atoms in total. The van der Waals surface area contributed by atoms with Crippen LogP contribution in [0.2, 0.25) is 0 Å². The van der Waals surface area contributed by atoms with E-state index in [1.165, 1.54) is 4.57 Å². The topological polar surface area (TPSA) is 99.5 Å². The van der Waals surface area contributed by atoms with E-state index in [4.69, 9.17) is 17.0 Å². The quantitative estimate of drug-likeness (QED) is 0.423. The van der Waals surface area contributed by atoms with Crippen molar-refractivity contribution in [2.24, 2.45) is 0 Å². The summed E-state index contributed by atoms with van der Waals surface area (Å²) in [7, 11) is 1.73. The van der Waals surface area contributed by atoms with Crippen LogP contribution in [-0.2, 0) is 11.3 Å². The Hall–Kier alpha value is -0.760. The highest BCUT2D eigenvalue weighted by molar-refractivity contribution is 7.72. The van der Waals surface area contributed by atoms with Gasteiger partial charge in [-0.2, -0.15) is 0 Å². The Morgan fingerprint density at radius 2 is 2.12 bits per heavy atom. The van der Waals surface area contributed by atoms with Crippen molar-refractivity contribution < 1.29 is 14.9 Å². The molecule has 1 unspecified atom stereocenters. The summed E-state index contributed by atoms with van der Waals surface area (Å²) in [6.07, 6.45) is 3.79. The van der Waals surface area contributed by atoms with Crippen molar-refractivity contribution in [1.29, 1.82) is 0 Å². The Kier molecular flexibility index (Phi) is 6.23. The minimum Gasteiger partial charge on any atom is -0.388 e. The zero-order valence-corrected chi connectivity index (χ0v) is 15.9. The van der Waals surface area contributed by atoms with Gasteiger partial charge in [0.25, 0.3) is 5.56 Å². The molecule has 1 aliphatic heterocycles. The number of aromatic amines is 1. The summed E-state index contributed by atoms with van der Waals surface area (Å²) in [6.45, 7) is 3.35. The van der Waals surface area contributed by atoms with Gasteiger partial charge in [-0.25, -0.2) is 0 Å². The molecule has 0 bridgehead atoms. The molecule has 0 aromatic carbocycles. The number of aliphatic hydroxyl groups excluding tert-OH is 2. The van der Waals surface area contributed by atoms with Crippen molar-refractivity contribution in [3.63, 3.8) is 0 Å². The van der Waals surface area contributed by atoms with Crippen molar-refractivity contribution in [3.8, 4) is 0 Å². The van der Waals surface area contributed by atoms with E-state index in [1.807, 2.05) is 0 Å². The van der Waals surface area contributed by atoms with Crippen LogP contribution >= 0.6 is 19.1 Å². The first-order chi connectivity index (χ1) is 11.1. The molecule has 1 aliphatic rings. The van der Waals surface area contributed by atoms with Gasteiger partial charge in [0.1, 0.15) is 12.2 Å². The Balaban J connectivity index is 2.26. The second kappa shape index (κ2) is 7.64. The summed E-state index contributed by atoms with van der Waals surface area (Å²) in [6, 6.07) is 0. The van der Waals surface area contributed by atoms with Gasteiger partial charge in [0.05, 0.1) is 6.10 Å². The van der Waals surface area contributed by atoms with Crippen LogP contribution in [0, 0.1) is 4.77 Å². The molecule has 1 saturated heterocycles. The van der Waals surface area contributed by atoms with Crippen molar-refractivity contribution in [3.05, 3.63) is 26.9 Å². The average Bonchev–Trinajstić information content (AvgIpc) is 2.75. The lowest BCUT2D eigenvalue weighted by Gasteiger charge is -2.20. The zero-order valence-electron chi connectivity index (χ0n) is 14.2. The summed E-state index contributed by atoms with van der Waals surface area (Å²) in [5.74, 6) is 0. The summed E-state index contributed by atoms with van der Waals surface area (Å²) in [4.78, 5) is 14.5. The maximum Gasteiger partial charge on any atom is 0.256 e. The van der Waals surface area contributed by atoms with Crippen molar-refractivity contribution >= 4 is 25.4 Å². The van der Waals surface area contributed by atoms with E-state index in [-0.39, 0.29) is 10.3 Å². The monoisotopic (exact) mass is 375 g/mol. The molecule has 0 radical (unpaired) electrons. The molecule has 1 fully saturated rings. The van der Waals surface area contributed by atoms with Gasteiger partial charge in [-0.3, -0.25) is 14.3 Å². The van der Waals surface area contributed by atoms with Crippen LogP contribution < -0.4 is 10.9 Å². The molecule has 2 rings (SSSR count). The van der Waals surface area contributed by atoms with Gasteiger partial charge in [0, 0.05) is 18.3 Å². The number of hydrogen-bond donors (Lipinski definition) is 4. The lowest BCUT2D eigenvalue weighted by Crippen LogP contribution is -2.33. The molecular weight excluding hydrogens is 349 g/mol. The largest absolute Gasteiger partial charge is 0.388 e. The Bertz CT molecular complexity index is 741. The maximum atomic E-state index is 11.9. The lowest BCUT2D eigenvalue weighted by molar-refractivity contribution is -0.0392. The molecule has 0 spiro atoms. The molecular formula is C15H26N3O4PS. The van der Waals surface area contributed by atoms with E-state index in [0.29, 0.717) is 18.5 Å². The number of H-pyrrole nitrogens is 1. The van der Waals surface area contributed by atoms with Gasteiger partial charge in [-0.05, 0) is 45.2 Å². The summed E-state index contributed by atoms with van der Waals surface area (Å²) in [5, 5.41) is 23.6. The molecule has 9 heteroatoms. The van der Waals surface area contributed by atoms with Gasteiger partial charge in [-0.1, -0.05) is 0 Å². The Morgan fingerprint density at radius 1 is 1.46 bits per heavy atom. The van der Waals surface area contributed by atoms with Crippen LogP contribution in [0.25, 0.3) is 0 Å². The summed E-state index contributed by atoms with van der Waals surface area (Å²) < 4.78 is 7.52. The van der Waals surface area contributed by atoms with Crippen molar-refractivity contribution in [2.75, 3.05) is 26.5 Å². The zero-order chi connectivity index (χ0) is 18.1. The number of nitrogens with one attached hydrogen (secondary N) is 2. The lowest BCUT2D eigenvalue weighted by atomic mass is 10.1. The van der Waals surface area contributed by atoms with Gasteiger partial charge >= 0.3 is 0 Å². The molecule has 0 amide bonds. The molecule has 0 saturated carbocycles. The minimum absolute atomic E-state index is 0.154. The number of rotatable bonds is 6. The number of nitrogens with zero attached hydrogens (tertiary/aromatic N) is 1. The van der Waals surface area contributed by atoms with Crippen LogP contribution in [0.3, 0.4) is 0 Å². The van der Waals surface area contributed by atoms with E-state index >= 15 is 0 Å². The van der Waals surface area contributed by atoms with E-state index in [2.05, 4.69) is 29.9 Å². The van der Waals surface area contributed by atoms with Crippen molar-refractivity contribution in [2.45, 2.75) is 37.5 Å². The standard InChI is InChI=1S/C15H26N3O4PS/c1-16-7-9-8-18(15(24)17-13(9)21)14-12(20)11(19)10(22-14)5-6-23(2,3)4/h8,10-12,14,16,19-20H,2,5-7H2,1,3-4H3,(H,17,21,24)/t10-,11-,12-,14?/m1/s1. The fourth-order valence-electron chi connectivity index (χ4n) is 2.71. The second-order valence-electron chi connectivity index (χ2n) is 6.85. The van der Waals surface area contributed by atoms with Gasteiger partial charge in [0.15, 0.2) is 11.0 Å². The minimum atomic E-state index is -1.24. The predicted molar refractivity (Wildman–Crippen MR) is 99.9 cm³/mol. The highest BCUT2D eigenvalue weighted by Gasteiger charge is 2.43. The molecule has 4 N–H and O–H groups in total. The highest BCUT2D eigenvalue weighted by atomic mass is 32.1. The molecule has 1 aromatic rings. The number of hydrogen-bond acceptors (Lipinski definition) is 6. The fraction of sp³-hybridized carbons (Fsp3) is 0.667. The van der Waals surface area contributed by atoms with E-state index in [1.54, 1.807) is 13.2 Å². The first-order valence-electron chi connectivity index (χ1n) is 7.82. The average molecular weight is 375 g/mol. The molecule has 4 atom stereocenters. The van der Waals surface area contributed by atoms with Gasteiger partial charge < -0.3 is 20.3 Å². The van der Waals surface area contributed by atoms with E-state index in [0.717, 1.165) is 6.16 Å². The molecule has 24 heavy (non-hydrogen) atoms. The third-order valence-electron chi connectivity index (χ3n) is 4.04. The van der Waals surface area contributed by atoms with Crippen LogP contribution in [0.15, 0.2) is 11.0 Å². The Morgan fingerprint density at radius 3 is 2.71 bits per heavy atom. The number of aliphatic hydroxyl groups is 2. The summed E-state index contributed by atoms with van der Waals surface area (Å²) in [5.41, 5.74) is 0.198. The van der Waals surface area contributed by atoms with Gasteiger partial charge in [0.2, 0.25) is 0 Å². The van der Waals surface area contributed by atoms with Crippen LogP contribution in [0.4, 0.5) is 0 Å². The Labute approximate surface area is 146 Å². The van der Waals surface area contributed by atoms with Crippen molar-refractivity contribution in [1.82, 2.24) is 14.9 Å². The fourth-order valence-corrected chi connectivity index (χ4v) is 3.91. The third kappa shape index (κ3) is 4.45. The third-order valence-corrected chi connectivity index (χ3v) is 5.82. The smallest absolute Gasteiger partial charge is 0.256 e. The van der Waals surface area contributed by atoms with Crippen LogP contribution in [0.1, 0.15) is 18.2 Å². The number of aromatic nitrogens is 2. The van der Waals surface area contributed by atoms with E-state index < -0.39 is 31.4 Å². The molecule has 1 aromatic heterocycles. The molecule has 2 heterocycles. The second-order valence-corrected chi connectivity index (χ2v) is 11.6.